The Morgan fingerprint density at radius 1 is 1.00 bits per heavy atom. The van der Waals surface area contributed by atoms with Crippen LogP contribution in [0.15, 0.2) is 53.4 Å². The molecule has 0 radical (unpaired) electrons. The molecule has 1 heterocycles. The van der Waals surface area contributed by atoms with Crippen LogP contribution in [-0.2, 0) is 44.4 Å². The summed E-state index contributed by atoms with van der Waals surface area (Å²) in [6.07, 6.45) is 2.78. The van der Waals surface area contributed by atoms with E-state index in [-0.39, 0.29) is 24.0 Å². The number of amides is 1. The van der Waals surface area contributed by atoms with Gasteiger partial charge in [0.15, 0.2) is 0 Å². The number of rotatable bonds is 5. The van der Waals surface area contributed by atoms with Gasteiger partial charge >= 0.3 is 6.09 Å². The highest BCUT2D eigenvalue weighted by Gasteiger charge is 2.51. The van der Waals surface area contributed by atoms with E-state index in [1.807, 2.05) is 39.0 Å². The summed E-state index contributed by atoms with van der Waals surface area (Å²) in [5.41, 5.74) is 3.94. The largest absolute Gasteiger partial charge is 0.444 e. The highest BCUT2D eigenvalue weighted by molar-refractivity contribution is 7.92. The number of nitrogens with zero attached hydrogens (tertiary/aromatic N) is 1. The zero-order valence-corrected chi connectivity index (χ0v) is 25.0. The molecule has 226 valence electrons. The Hall–Kier alpha value is -3.99. The summed E-state index contributed by atoms with van der Waals surface area (Å²) >= 11 is 0. The Morgan fingerprint density at radius 2 is 1.77 bits per heavy atom. The SMILES string of the molecule is CC(C)(C)OC(=O)N1CCc2cc(Nc3cc(NS(=O)(=O)c4ccc(F)cc4F)cc4c3CC(=O)C43CCC3)ccc2C1. The van der Waals surface area contributed by atoms with E-state index in [9.17, 15) is 26.8 Å². The lowest BCUT2D eigenvalue weighted by atomic mass is 9.64. The first-order valence-corrected chi connectivity index (χ1v) is 15.8. The molecule has 0 aromatic heterocycles. The first kappa shape index (κ1) is 29.1. The Kier molecular flexibility index (Phi) is 6.99. The highest BCUT2D eigenvalue weighted by atomic mass is 32.2. The number of ether oxygens (including phenoxy) is 1. The highest BCUT2D eigenvalue weighted by Crippen LogP contribution is 2.53. The Labute approximate surface area is 249 Å². The van der Waals surface area contributed by atoms with Crippen molar-refractivity contribution in [2.24, 2.45) is 0 Å². The van der Waals surface area contributed by atoms with Crippen LogP contribution < -0.4 is 10.0 Å². The van der Waals surface area contributed by atoms with E-state index < -0.39 is 37.6 Å². The van der Waals surface area contributed by atoms with Crippen molar-refractivity contribution >= 4 is 39.0 Å². The maximum atomic E-state index is 14.4. The molecule has 0 saturated heterocycles. The predicted octanol–water partition coefficient (Wildman–Crippen LogP) is 6.35. The standard InChI is InChI=1S/C32H33F2N3O5S/c1-31(2,3)42-30(39)37-12-9-19-13-22(7-5-20(19)18-37)35-27-16-23(15-25-24(27)17-29(38)32(25)10-4-11-32)36-43(40,41)28-8-6-21(33)14-26(28)34/h5-8,13-16,35-36H,4,9-12,17-18H2,1-3H3. The van der Waals surface area contributed by atoms with E-state index in [4.69, 9.17) is 4.74 Å². The van der Waals surface area contributed by atoms with Crippen molar-refractivity contribution in [2.75, 3.05) is 16.6 Å². The van der Waals surface area contributed by atoms with Crippen molar-refractivity contribution in [3.63, 3.8) is 0 Å². The minimum atomic E-state index is -4.39. The normalized spacial score (nSPS) is 17.2. The minimum Gasteiger partial charge on any atom is -0.444 e. The molecule has 2 N–H and O–H groups in total. The number of carbonyl (C=O) groups is 2. The number of anilines is 3. The van der Waals surface area contributed by atoms with Crippen LogP contribution in [0.4, 0.5) is 30.6 Å². The summed E-state index contributed by atoms with van der Waals surface area (Å²) in [7, 11) is -4.39. The van der Waals surface area contributed by atoms with E-state index in [0.29, 0.717) is 44.1 Å². The topological polar surface area (TPSA) is 105 Å². The van der Waals surface area contributed by atoms with Crippen molar-refractivity contribution in [3.8, 4) is 0 Å². The summed E-state index contributed by atoms with van der Waals surface area (Å²) in [6, 6.07) is 11.4. The van der Waals surface area contributed by atoms with Crippen LogP contribution in [-0.4, -0.2) is 37.3 Å². The molecule has 1 fully saturated rings. The molecule has 1 amide bonds. The monoisotopic (exact) mass is 609 g/mol. The summed E-state index contributed by atoms with van der Waals surface area (Å²) in [4.78, 5) is 26.8. The number of sulfonamides is 1. The Morgan fingerprint density at radius 3 is 2.44 bits per heavy atom. The van der Waals surface area contributed by atoms with Gasteiger partial charge in [0.1, 0.15) is 27.9 Å². The van der Waals surface area contributed by atoms with Crippen molar-refractivity contribution in [1.82, 2.24) is 4.90 Å². The first-order chi connectivity index (χ1) is 20.2. The molecule has 2 aliphatic carbocycles. The van der Waals surface area contributed by atoms with Gasteiger partial charge in [-0.15, -0.1) is 0 Å². The third kappa shape index (κ3) is 5.46. The van der Waals surface area contributed by atoms with Crippen molar-refractivity contribution in [2.45, 2.75) is 75.3 Å². The van der Waals surface area contributed by atoms with Gasteiger partial charge in [0.2, 0.25) is 0 Å². The van der Waals surface area contributed by atoms with Gasteiger partial charge in [-0.2, -0.15) is 0 Å². The van der Waals surface area contributed by atoms with E-state index in [0.717, 1.165) is 46.5 Å². The number of nitrogens with one attached hydrogen (secondary N) is 2. The van der Waals surface area contributed by atoms with Crippen molar-refractivity contribution < 1.29 is 31.5 Å². The number of hydrogen-bond acceptors (Lipinski definition) is 6. The van der Waals surface area contributed by atoms with Gasteiger partial charge in [0.25, 0.3) is 10.0 Å². The van der Waals surface area contributed by atoms with Gasteiger partial charge in [-0.1, -0.05) is 12.5 Å². The van der Waals surface area contributed by atoms with Crippen LogP contribution in [0, 0.1) is 11.6 Å². The van der Waals surface area contributed by atoms with E-state index in [1.54, 1.807) is 17.0 Å². The fraction of sp³-hybridized carbons (Fsp3) is 0.375. The average Bonchev–Trinajstić information content (AvgIpc) is 3.19. The molecule has 0 unspecified atom stereocenters. The summed E-state index contributed by atoms with van der Waals surface area (Å²) in [5, 5.41) is 3.39. The molecule has 43 heavy (non-hydrogen) atoms. The van der Waals surface area contributed by atoms with Gasteiger partial charge in [0.05, 0.1) is 11.1 Å². The molecule has 0 atom stereocenters. The van der Waals surface area contributed by atoms with Gasteiger partial charge < -0.3 is 15.0 Å². The third-order valence-corrected chi connectivity index (χ3v) is 9.84. The number of fused-ring (bicyclic) bond motifs is 3. The molecule has 8 nitrogen and oxygen atoms in total. The first-order valence-electron chi connectivity index (χ1n) is 14.3. The number of ketones is 1. The second-order valence-corrected chi connectivity index (χ2v) is 14.2. The average molecular weight is 610 g/mol. The van der Waals surface area contributed by atoms with Gasteiger partial charge in [0, 0.05) is 37.0 Å². The molecule has 1 spiro atoms. The van der Waals surface area contributed by atoms with Crippen LogP contribution in [0.5, 0.6) is 0 Å². The van der Waals surface area contributed by atoms with Gasteiger partial charge in [-0.05, 0) is 98.7 Å². The van der Waals surface area contributed by atoms with E-state index in [2.05, 4.69) is 10.0 Å². The lowest BCUT2D eigenvalue weighted by Gasteiger charge is -2.38. The second-order valence-electron chi connectivity index (χ2n) is 12.5. The second kappa shape index (κ2) is 10.3. The van der Waals surface area contributed by atoms with Crippen LogP contribution in [0.25, 0.3) is 0 Å². The Bertz CT molecular complexity index is 1760. The molecule has 0 bridgehead atoms. The molecule has 6 rings (SSSR count). The number of benzene rings is 3. The molecule has 3 aromatic carbocycles. The maximum absolute atomic E-state index is 14.4. The minimum absolute atomic E-state index is 0.106. The summed E-state index contributed by atoms with van der Waals surface area (Å²) in [6.45, 7) is 6.43. The van der Waals surface area contributed by atoms with E-state index >= 15 is 0 Å². The molecule has 1 aliphatic heterocycles. The number of halogens is 2. The fourth-order valence-electron chi connectivity index (χ4n) is 6.19. The fourth-order valence-corrected chi connectivity index (χ4v) is 7.29. The quantitative estimate of drug-likeness (QED) is 0.349. The lowest BCUT2D eigenvalue weighted by Crippen LogP contribution is -2.39. The van der Waals surface area contributed by atoms with Crippen LogP contribution in [0.2, 0.25) is 0 Å². The number of carbonyl (C=O) groups excluding carboxylic acids is 2. The van der Waals surface area contributed by atoms with Gasteiger partial charge in [-0.25, -0.2) is 22.0 Å². The zero-order chi connectivity index (χ0) is 30.7. The van der Waals surface area contributed by atoms with Crippen LogP contribution >= 0.6 is 0 Å². The van der Waals surface area contributed by atoms with Crippen molar-refractivity contribution in [3.05, 3.63) is 82.4 Å². The number of Topliss-reactive ketones (excluding diaryl/α,β-unsaturated/α-hetero) is 1. The van der Waals surface area contributed by atoms with Crippen LogP contribution in [0.1, 0.15) is 62.3 Å². The zero-order valence-electron chi connectivity index (χ0n) is 24.2. The van der Waals surface area contributed by atoms with Gasteiger partial charge in [-0.3, -0.25) is 9.52 Å². The van der Waals surface area contributed by atoms with Crippen molar-refractivity contribution in [1.29, 1.82) is 0 Å². The molecule has 1 saturated carbocycles. The van der Waals surface area contributed by atoms with Crippen LogP contribution in [0.3, 0.4) is 0 Å². The molecular weight excluding hydrogens is 576 g/mol. The number of hydrogen-bond donors (Lipinski definition) is 2. The summed E-state index contributed by atoms with van der Waals surface area (Å²) in [5.74, 6) is -1.97. The maximum Gasteiger partial charge on any atom is 0.410 e. The third-order valence-electron chi connectivity index (χ3n) is 8.43. The molecule has 11 heteroatoms. The predicted molar refractivity (Wildman–Crippen MR) is 158 cm³/mol. The van der Waals surface area contributed by atoms with E-state index in [1.165, 1.54) is 0 Å². The molecule has 3 aliphatic rings. The Balaban J connectivity index is 1.31. The lowest BCUT2D eigenvalue weighted by molar-refractivity contribution is -0.125. The molecule has 3 aromatic rings. The summed E-state index contributed by atoms with van der Waals surface area (Å²) < 4.78 is 62.1. The molecular formula is C32H33F2N3O5S. The smallest absolute Gasteiger partial charge is 0.410 e.